The number of rotatable bonds is 5. The number of benzene rings is 2. The molecule has 0 radical (unpaired) electrons. The highest BCUT2D eigenvalue weighted by atomic mass is 19.1. The Morgan fingerprint density at radius 2 is 1.90 bits per heavy atom. The summed E-state index contributed by atoms with van der Waals surface area (Å²) < 4.78 is 16.3. The fourth-order valence-corrected chi connectivity index (χ4v) is 3.32. The summed E-state index contributed by atoms with van der Waals surface area (Å²) in [7, 11) is 1.81. The minimum absolute atomic E-state index is 0.0817. The van der Waals surface area contributed by atoms with E-state index in [0.29, 0.717) is 22.9 Å². The number of anilines is 1. The van der Waals surface area contributed by atoms with E-state index in [-0.39, 0.29) is 24.3 Å². The van der Waals surface area contributed by atoms with Crippen LogP contribution in [0.2, 0.25) is 0 Å². The van der Waals surface area contributed by atoms with E-state index in [9.17, 15) is 14.0 Å². The summed E-state index contributed by atoms with van der Waals surface area (Å²) in [5, 5.41) is 7.03. The van der Waals surface area contributed by atoms with Crippen LogP contribution in [0.15, 0.2) is 59.4 Å². The summed E-state index contributed by atoms with van der Waals surface area (Å²) in [5.74, 6) is 0.169. The summed E-state index contributed by atoms with van der Waals surface area (Å²) in [6.07, 6.45) is 0.314. The summed E-state index contributed by atoms with van der Waals surface area (Å²) >= 11 is 0. The molecule has 0 unspecified atom stereocenters. The number of aromatic nitrogens is 4. The highest BCUT2D eigenvalue weighted by Gasteiger charge is 2.17. The zero-order valence-corrected chi connectivity index (χ0v) is 16.6. The first-order chi connectivity index (χ1) is 14.4. The van der Waals surface area contributed by atoms with Crippen LogP contribution in [0, 0.1) is 12.7 Å². The van der Waals surface area contributed by atoms with Crippen LogP contribution < -0.4 is 10.9 Å². The number of hydrogen-bond acceptors (Lipinski definition) is 4. The number of nitrogens with one attached hydrogen (secondary N) is 1. The van der Waals surface area contributed by atoms with Crippen molar-refractivity contribution in [1.82, 2.24) is 19.2 Å². The number of carbonyl (C=O) groups is 1. The Balaban J connectivity index is 1.61. The Hall–Kier alpha value is -3.81. The summed E-state index contributed by atoms with van der Waals surface area (Å²) in [5.41, 5.74) is 2.11. The summed E-state index contributed by atoms with van der Waals surface area (Å²) in [4.78, 5) is 29.8. The highest BCUT2D eigenvalue weighted by molar-refractivity contribution is 5.90. The molecule has 1 amide bonds. The smallest absolute Gasteiger partial charge is 0.279 e. The van der Waals surface area contributed by atoms with Crippen molar-refractivity contribution in [3.8, 4) is 11.4 Å². The second kappa shape index (κ2) is 7.90. The summed E-state index contributed by atoms with van der Waals surface area (Å²) in [6.45, 7) is 1.82. The van der Waals surface area contributed by atoms with Crippen LogP contribution in [0.25, 0.3) is 17.2 Å². The first-order valence-electron chi connectivity index (χ1n) is 9.50. The fourth-order valence-electron chi connectivity index (χ4n) is 3.32. The topological polar surface area (TPSA) is 81.3 Å². The lowest BCUT2D eigenvalue weighted by molar-refractivity contribution is -0.116. The van der Waals surface area contributed by atoms with Gasteiger partial charge in [-0.15, -0.1) is 5.10 Å². The van der Waals surface area contributed by atoms with Crippen molar-refractivity contribution in [3.05, 3.63) is 82.0 Å². The average Bonchev–Trinajstić information content (AvgIpc) is 3.19. The number of halogens is 1. The monoisotopic (exact) mass is 405 g/mol. The zero-order chi connectivity index (χ0) is 21.3. The molecule has 0 aliphatic carbocycles. The first kappa shape index (κ1) is 19.5. The van der Waals surface area contributed by atoms with E-state index in [1.54, 1.807) is 10.6 Å². The molecule has 4 rings (SSSR count). The van der Waals surface area contributed by atoms with Gasteiger partial charge < -0.3 is 9.88 Å². The van der Waals surface area contributed by atoms with Gasteiger partial charge in [0, 0.05) is 36.0 Å². The maximum Gasteiger partial charge on any atom is 0.279 e. The lowest BCUT2D eigenvalue weighted by atomic mass is 10.1. The van der Waals surface area contributed by atoms with Crippen LogP contribution in [-0.2, 0) is 18.3 Å². The molecule has 0 saturated carbocycles. The Labute approximate surface area is 171 Å². The lowest BCUT2D eigenvalue weighted by Gasteiger charge is -2.11. The van der Waals surface area contributed by atoms with Crippen molar-refractivity contribution < 1.29 is 9.18 Å². The van der Waals surface area contributed by atoms with Crippen LogP contribution in [-0.4, -0.2) is 25.1 Å². The van der Waals surface area contributed by atoms with Crippen LogP contribution in [0.4, 0.5) is 10.1 Å². The molecule has 2 aromatic heterocycles. The molecule has 0 fully saturated rings. The average molecular weight is 405 g/mol. The fraction of sp³-hybridized carbons (Fsp3) is 0.182. The molecule has 0 spiro atoms. The van der Waals surface area contributed by atoms with Gasteiger partial charge in [-0.05, 0) is 31.5 Å². The van der Waals surface area contributed by atoms with Crippen molar-refractivity contribution in [2.24, 2.45) is 7.05 Å². The second-order valence-corrected chi connectivity index (χ2v) is 7.00. The molecule has 0 aliphatic rings. The van der Waals surface area contributed by atoms with Gasteiger partial charge in [-0.3, -0.25) is 9.59 Å². The van der Waals surface area contributed by atoms with Gasteiger partial charge in [-0.25, -0.2) is 4.39 Å². The van der Waals surface area contributed by atoms with E-state index >= 15 is 0 Å². The molecule has 0 atom stereocenters. The van der Waals surface area contributed by atoms with Gasteiger partial charge in [0.2, 0.25) is 11.7 Å². The van der Waals surface area contributed by atoms with Crippen molar-refractivity contribution >= 4 is 17.4 Å². The third-order valence-electron chi connectivity index (χ3n) is 5.02. The van der Waals surface area contributed by atoms with E-state index in [0.717, 1.165) is 11.3 Å². The molecule has 8 heteroatoms. The van der Waals surface area contributed by atoms with Gasteiger partial charge in [0.05, 0.1) is 0 Å². The van der Waals surface area contributed by atoms with E-state index in [2.05, 4.69) is 15.4 Å². The number of aryl methyl sites for hydroxylation is 1. The second-order valence-electron chi connectivity index (χ2n) is 7.00. The van der Waals surface area contributed by atoms with Crippen molar-refractivity contribution in [1.29, 1.82) is 0 Å². The molecule has 2 aromatic carbocycles. The van der Waals surface area contributed by atoms with Gasteiger partial charge in [-0.1, -0.05) is 36.4 Å². The van der Waals surface area contributed by atoms with E-state index in [1.807, 2.05) is 44.3 Å². The maximum absolute atomic E-state index is 13.3. The van der Waals surface area contributed by atoms with Crippen molar-refractivity contribution in [3.63, 3.8) is 0 Å². The highest BCUT2D eigenvalue weighted by Crippen LogP contribution is 2.17. The summed E-state index contributed by atoms with van der Waals surface area (Å²) in [6, 6.07) is 15.1. The Morgan fingerprint density at radius 1 is 1.13 bits per heavy atom. The number of carbonyl (C=O) groups excluding carboxylic acids is 1. The third-order valence-corrected chi connectivity index (χ3v) is 5.02. The van der Waals surface area contributed by atoms with Gasteiger partial charge in [-0.2, -0.15) is 9.50 Å². The molecule has 1 N–H and O–H groups in total. The predicted octanol–water partition coefficient (Wildman–Crippen LogP) is 3.11. The zero-order valence-electron chi connectivity index (χ0n) is 16.6. The molecule has 7 nitrogen and oxygen atoms in total. The van der Waals surface area contributed by atoms with Crippen LogP contribution in [0.3, 0.4) is 0 Å². The van der Waals surface area contributed by atoms with Gasteiger partial charge in [0.25, 0.3) is 5.56 Å². The molecule has 152 valence electrons. The Kier molecular flexibility index (Phi) is 5.14. The molecular formula is C22H20FN5O2. The Morgan fingerprint density at radius 3 is 2.63 bits per heavy atom. The molecule has 30 heavy (non-hydrogen) atoms. The van der Waals surface area contributed by atoms with Crippen molar-refractivity contribution in [2.45, 2.75) is 19.8 Å². The predicted molar refractivity (Wildman–Crippen MR) is 112 cm³/mol. The van der Waals surface area contributed by atoms with E-state index in [1.165, 1.54) is 22.7 Å². The van der Waals surface area contributed by atoms with E-state index < -0.39 is 5.82 Å². The largest absolute Gasteiger partial charge is 0.326 e. The first-order valence-corrected chi connectivity index (χ1v) is 9.50. The maximum atomic E-state index is 13.3. The minimum atomic E-state index is -0.427. The van der Waals surface area contributed by atoms with E-state index in [4.69, 9.17) is 0 Å². The lowest BCUT2D eigenvalue weighted by Crippen LogP contribution is -2.26. The quantitative estimate of drug-likeness (QED) is 0.553. The molecule has 0 aliphatic heterocycles. The van der Waals surface area contributed by atoms with Gasteiger partial charge >= 0.3 is 0 Å². The standard InChI is InChI=1S/C22H20FN5O2/c1-14-18(11-12-19(29)24-17-10-6-9-16(23)13-17)21(30)28-22(27(14)2)25-20(26-28)15-7-4-3-5-8-15/h3-10,13H,11-12H2,1-2H3,(H,24,29). The number of nitrogens with zero attached hydrogens (tertiary/aromatic N) is 4. The molecule has 4 aromatic rings. The normalized spacial score (nSPS) is 11.0. The molecule has 2 heterocycles. The number of amides is 1. The third kappa shape index (κ3) is 3.71. The molecule has 0 saturated heterocycles. The SMILES string of the molecule is Cc1c(CCC(=O)Nc2cccc(F)c2)c(=O)n2nc(-c3ccccc3)nc2n1C. The van der Waals surface area contributed by atoms with Gasteiger partial charge in [0.15, 0.2) is 5.82 Å². The van der Waals surface area contributed by atoms with Gasteiger partial charge in [0.1, 0.15) is 5.82 Å². The number of hydrogen-bond donors (Lipinski definition) is 1. The Bertz CT molecular complexity index is 1290. The number of fused-ring (bicyclic) bond motifs is 1. The van der Waals surface area contributed by atoms with Crippen LogP contribution in [0.5, 0.6) is 0 Å². The minimum Gasteiger partial charge on any atom is -0.326 e. The van der Waals surface area contributed by atoms with Crippen molar-refractivity contribution in [2.75, 3.05) is 5.32 Å². The van der Waals surface area contributed by atoms with Crippen LogP contribution >= 0.6 is 0 Å². The molecular weight excluding hydrogens is 385 g/mol. The van der Waals surface area contributed by atoms with Crippen LogP contribution in [0.1, 0.15) is 17.7 Å². The molecule has 0 bridgehead atoms.